The zero-order valence-corrected chi connectivity index (χ0v) is 20.7. The van der Waals surface area contributed by atoms with Crippen LogP contribution in [0, 0.1) is 0 Å². The molecule has 1 N–H and O–H groups in total. The van der Waals surface area contributed by atoms with Crippen LogP contribution >= 0.6 is 27.5 Å². The summed E-state index contributed by atoms with van der Waals surface area (Å²) in [6.45, 7) is 3.59. The Morgan fingerprint density at radius 2 is 1.68 bits per heavy atom. The van der Waals surface area contributed by atoms with E-state index >= 15 is 0 Å². The first-order chi connectivity index (χ1) is 14.6. The van der Waals surface area contributed by atoms with Gasteiger partial charge < -0.3 is 10.2 Å². The summed E-state index contributed by atoms with van der Waals surface area (Å²) in [5.41, 5.74) is 0.816. The Bertz CT molecular complexity index is 1010. The van der Waals surface area contributed by atoms with E-state index in [4.69, 9.17) is 11.6 Å². The van der Waals surface area contributed by atoms with Gasteiger partial charge in [0.2, 0.25) is 21.8 Å². The summed E-state index contributed by atoms with van der Waals surface area (Å²) >= 11 is 9.20. The van der Waals surface area contributed by atoms with E-state index in [2.05, 4.69) is 21.2 Å². The molecule has 2 rings (SSSR count). The molecule has 0 unspecified atom stereocenters. The highest BCUT2D eigenvalue weighted by Gasteiger charge is 2.30. The van der Waals surface area contributed by atoms with Crippen LogP contribution < -0.4 is 5.32 Å². The minimum atomic E-state index is -3.90. The second-order valence-corrected chi connectivity index (χ2v) is 10.3. The molecule has 1 atom stereocenters. The Labute approximate surface area is 196 Å². The number of benzene rings is 2. The smallest absolute Gasteiger partial charge is 0.243 e. The first-order valence-electron chi connectivity index (χ1n) is 9.59. The van der Waals surface area contributed by atoms with Crippen molar-refractivity contribution in [2.45, 2.75) is 31.3 Å². The highest BCUT2D eigenvalue weighted by Crippen LogP contribution is 2.19. The molecule has 0 aliphatic heterocycles. The number of carbonyl (C=O) groups is 2. The van der Waals surface area contributed by atoms with Crippen LogP contribution in [0.2, 0.25) is 5.02 Å². The number of likely N-dealkylation sites (N-methyl/N-ethyl adjacent to an activating group) is 2. The van der Waals surface area contributed by atoms with Gasteiger partial charge in [-0.3, -0.25) is 9.59 Å². The van der Waals surface area contributed by atoms with Crippen LogP contribution in [0.3, 0.4) is 0 Å². The lowest BCUT2D eigenvalue weighted by Crippen LogP contribution is -2.50. The summed E-state index contributed by atoms with van der Waals surface area (Å²) in [5.74, 6) is -0.794. The highest BCUT2D eigenvalue weighted by molar-refractivity contribution is 9.10. The van der Waals surface area contributed by atoms with Crippen LogP contribution in [0.5, 0.6) is 0 Å². The standard InChI is InChI=1S/C21H25BrClN3O4S/c1-4-24-21(28)15(2)26(13-16-5-7-17(22)8-6-16)20(27)14-25(3)31(29,30)19-11-9-18(23)10-12-19/h5-12,15H,4,13-14H2,1-3H3,(H,24,28)/t15-/m0/s1. The van der Waals surface area contributed by atoms with E-state index in [0.29, 0.717) is 11.6 Å². The highest BCUT2D eigenvalue weighted by atomic mass is 79.9. The summed E-state index contributed by atoms with van der Waals surface area (Å²) in [7, 11) is -2.57. The van der Waals surface area contributed by atoms with Crippen molar-refractivity contribution in [1.82, 2.24) is 14.5 Å². The maximum absolute atomic E-state index is 13.1. The van der Waals surface area contributed by atoms with E-state index in [1.165, 1.54) is 36.2 Å². The molecule has 2 amide bonds. The summed E-state index contributed by atoms with van der Waals surface area (Å²) in [5, 5.41) is 3.12. The molecule has 0 radical (unpaired) electrons. The van der Waals surface area contributed by atoms with E-state index in [9.17, 15) is 18.0 Å². The Hall–Kier alpha value is -1.94. The van der Waals surface area contributed by atoms with Gasteiger partial charge in [-0.05, 0) is 55.8 Å². The Morgan fingerprint density at radius 3 is 2.23 bits per heavy atom. The fraction of sp³-hybridized carbons (Fsp3) is 0.333. The van der Waals surface area contributed by atoms with Crippen LogP contribution in [0.15, 0.2) is 57.9 Å². The van der Waals surface area contributed by atoms with Crippen molar-refractivity contribution in [1.29, 1.82) is 0 Å². The molecular weight excluding hydrogens is 506 g/mol. The van der Waals surface area contributed by atoms with Gasteiger partial charge in [0, 0.05) is 29.6 Å². The number of carbonyl (C=O) groups excluding carboxylic acids is 2. The lowest BCUT2D eigenvalue weighted by Gasteiger charge is -2.30. The van der Waals surface area contributed by atoms with Crippen molar-refractivity contribution in [2.24, 2.45) is 0 Å². The predicted molar refractivity (Wildman–Crippen MR) is 124 cm³/mol. The van der Waals surface area contributed by atoms with Crippen molar-refractivity contribution in [3.05, 3.63) is 63.6 Å². The first-order valence-corrected chi connectivity index (χ1v) is 12.2. The number of nitrogens with one attached hydrogen (secondary N) is 1. The Balaban J connectivity index is 2.25. The van der Waals surface area contributed by atoms with Gasteiger partial charge >= 0.3 is 0 Å². The number of rotatable bonds is 9. The van der Waals surface area contributed by atoms with Crippen LogP contribution in [-0.2, 0) is 26.2 Å². The van der Waals surface area contributed by atoms with E-state index in [1.807, 2.05) is 24.3 Å². The quantitative estimate of drug-likeness (QED) is 0.539. The minimum Gasteiger partial charge on any atom is -0.355 e. The second kappa shape index (κ2) is 11.1. The summed E-state index contributed by atoms with van der Waals surface area (Å²) in [6, 6.07) is 12.3. The molecule has 10 heteroatoms. The van der Waals surface area contributed by atoms with E-state index in [0.717, 1.165) is 14.3 Å². The van der Waals surface area contributed by atoms with Crippen molar-refractivity contribution in [3.63, 3.8) is 0 Å². The van der Waals surface area contributed by atoms with Crippen molar-refractivity contribution >= 4 is 49.4 Å². The van der Waals surface area contributed by atoms with Gasteiger partial charge in [0.05, 0.1) is 11.4 Å². The average Bonchev–Trinajstić information content (AvgIpc) is 2.73. The van der Waals surface area contributed by atoms with E-state index < -0.39 is 28.5 Å². The molecule has 0 saturated carbocycles. The summed E-state index contributed by atoms with van der Waals surface area (Å²) in [4.78, 5) is 26.9. The topological polar surface area (TPSA) is 86.8 Å². The molecule has 0 spiro atoms. The van der Waals surface area contributed by atoms with Crippen molar-refractivity contribution in [2.75, 3.05) is 20.1 Å². The molecule has 7 nitrogen and oxygen atoms in total. The predicted octanol–water partition coefficient (Wildman–Crippen LogP) is 3.28. The normalized spacial score (nSPS) is 12.5. The molecule has 2 aromatic rings. The van der Waals surface area contributed by atoms with Crippen LogP contribution in [0.1, 0.15) is 19.4 Å². The summed E-state index contributed by atoms with van der Waals surface area (Å²) in [6.07, 6.45) is 0. The summed E-state index contributed by atoms with van der Waals surface area (Å²) < 4.78 is 27.5. The third kappa shape index (κ3) is 6.77. The molecule has 0 aromatic heterocycles. The third-order valence-electron chi connectivity index (χ3n) is 4.66. The number of amides is 2. The maximum atomic E-state index is 13.1. The lowest BCUT2D eigenvalue weighted by atomic mass is 10.1. The molecule has 2 aromatic carbocycles. The largest absolute Gasteiger partial charge is 0.355 e. The third-order valence-corrected chi connectivity index (χ3v) is 7.26. The number of sulfonamides is 1. The number of hydrogen-bond acceptors (Lipinski definition) is 4. The van der Waals surface area contributed by atoms with Crippen LogP contribution in [0.25, 0.3) is 0 Å². The van der Waals surface area contributed by atoms with Gasteiger partial charge in [0.1, 0.15) is 6.04 Å². The molecule has 0 fully saturated rings. The minimum absolute atomic E-state index is 0.0310. The molecular formula is C21H25BrClN3O4S. The first kappa shape index (κ1) is 25.3. The van der Waals surface area contributed by atoms with E-state index in [-0.39, 0.29) is 17.3 Å². The number of hydrogen-bond donors (Lipinski definition) is 1. The zero-order valence-electron chi connectivity index (χ0n) is 17.5. The second-order valence-electron chi connectivity index (χ2n) is 6.93. The van der Waals surface area contributed by atoms with Gasteiger partial charge in [-0.15, -0.1) is 0 Å². The number of nitrogens with zero attached hydrogens (tertiary/aromatic N) is 2. The Morgan fingerprint density at radius 1 is 1.10 bits per heavy atom. The van der Waals surface area contributed by atoms with Gasteiger partial charge in [0.25, 0.3) is 0 Å². The van der Waals surface area contributed by atoms with Crippen LogP contribution in [0.4, 0.5) is 0 Å². The van der Waals surface area contributed by atoms with Crippen LogP contribution in [-0.4, -0.2) is 55.6 Å². The monoisotopic (exact) mass is 529 g/mol. The lowest BCUT2D eigenvalue weighted by molar-refractivity contribution is -0.140. The average molecular weight is 531 g/mol. The molecule has 31 heavy (non-hydrogen) atoms. The number of halogens is 2. The van der Waals surface area contributed by atoms with Gasteiger partial charge in [0.15, 0.2) is 0 Å². The Kier molecular flexibility index (Phi) is 9.05. The zero-order chi connectivity index (χ0) is 23.2. The molecule has 0 aliphatic carbocycles. The maximum Gasteiger partial charge on any atom is 0.243 e. The van der Waals surface area contributed by atoms with Gasteiger partial charge in [-0.2, -0.15) is 4.31 Å². The fourth-order valence-corrected chi connectivity index (χ4v) is 4.35. The van der Waals surface area contributed by atoms with E-state index in [1.54, 1.807) is 13.8 Å². The van der Waals surface area contributed by atoms with Crippen molar-refractivity contribution in [3.8, 4) is 0 Å². The fourth-order valence-electron chi connectivity index (χ4n) is 2.84. The molecule has 0 aliphatic rings. The molecule has 168 valence electrons. The van der Waals surface area contributed by atoms with Crippen molar-refractivity contribution < 1.29 is 18.0 Å². The van der Waals surface area contributed by atoms with Gasteiger partial charge in [-0.1, -0.05) is 39.7 Å². The molecule has 0 heterocycles. The van der Waals surface area contributed by atoms with Gasteiger partial charge in [-0.25, -0.2) is 8.42 Å². The SMILES string of the molecule is CCNC(=O)[C@H](C)N(Cc1ccc(Br)cc1)C(=O)CN(C)S(=O)(=O)c1ccc(Cl)cc1. The molecule has 0 bridgehead atoms. The molecule has 0 saturated heterocycles.